The van der Waals surface area contributed by atoms with Crippen molar-refractivity contribution in [1.82, 2.24) is 20.1 Å². The third-order valence-corrected chi connectivity index (χ3v) is 5.02. The van der Waals surface area contributed by atoms with E-state index in [1.54, 1.807) is 28.2 Å². The minimum absolute atomic E-state index is 0.0567. The monoisotopic (exact) mass is 385 g/mol. The molecule has 0 spiro atoms. The summed E-state index contributed by atoms with van der Waals surface area (Å²) in [6.45, 7) is 7.81. The molecule has 1 aromatic carbocycles. The van der Waals surface area contributed by atoms with Crippen LogP contribution in [0.2, 0.25) is 0 Å². The molecule has 0 atom stereocenters. The highest BCUT2D eigenvalue weighted by molar-refractivity contribution is 7.09. The van der Waals surface area contributed by atoms with Crippen molar-refractivity contribution in [3.63, 3.8) is 0 Å². The van der Waals surface area contributed by atoms with Crippen LogP contribution in [0.3, 0.4) is 0 Å². The van der Waals surface area contributed by atoms with E-state index in [9.17, 15) is 10.1 Å². The van der Waals surface area contributed by atoms with E-state index in [0.717, 1.165) is 27.5 Å². The second-order valence-electron chi connectivity index (χ2n) is 7.46. The van der Waals surface area contributed by atoms with Gasteiger partial charge in [0.1, 0.15) is 5.01 Å². The van der Waals surface area contributed by atoms with Gasteiger partial charge >= 0.3 is 0 Å². The van der Waals surface area contributed by atoms with Crippen LogP contribution in [-0.2, 0) is 25.6 Å². The van der Waals surface area contributed by atoms with Crippen LogP contribution in [0.5, 0.6) is 0 Å². The van der Waals surface area contributed by atoms with E-state index in [0.29, 0.717) is 13.1 Å². The molecule has 0 aliphatic heterocycles. The average Bonchev–Trinajstić information content (AvgIpc) is 3.22. The summed E-state index contributed by atoms with van der Waals surface area (Å²) in [5.41, 5.74) is 3.97. The molecule has 0 amide bonds. The van der Waals surface area contributed by atoms with Crippen LogP contribution >= 0.6 is 11.3 Å². The number of thiazole rings is 1. The lowest BCUT2D eigenvalue weighted by Crippen LogP contribution is -2.14. The van der Waals surface area contributed by atoms with Gasteiger partial charge in [0, 0.05) is 60.4 Å². The first-order valence-electron chi connectivity index (χ1n) is 8.67. The van der Waals surface area contributed by atoms with Crippen molar-refractivity contribution < 1.29 is 4.92 Å². The van der Waals surface area contributed by atoms with Crippen molar-refractivity contribution in [2.75, 3.05) is 0 Å². The number of nitrogens with zero attached hydrogens (tertiary/aromatic N) is 4. The molecular weight excluding hydrogens is 362 g/mol. The third kappa shape index (κ3) is 4.58. The summed E-state index contributed by atoms with van der Waals surface area (Å²) in [5.74, 6) is 0. The summed E-state index contributed by atoms with van der Waals surface area (Å²) >= 11 is 1.66. The Bertz CT molecular complexity index is 938. The highest BCUT2D eigenvalue weighted by atomic mass is 32.1. The molecule has 0 radical (unpaired) electrons. The average molecular weight is 385 g/mol. The maximum absolute atomic E-state index is 10.8. The van der Waals surface area contributed by atoms with Crippen LogP contribution in [0, 0.1) is 10.1 Å². The summed E-state index contributed by atoms with van der Waals surface area (Å²) in [5, 5.41) is 21.9. The second-order valence-corrected chi connectivity index (χ2v) is 8.40. The number of nitrogens with one attached hydrogen (secondary N) is 1. The molecule has 0 bridgehead atoms. The molecule has 2 aromatic heterocycles. The van der Waals surface area contributed by atoms with E-state index < -0.39 is 4.92 Å². The molecule has 2 heterocycles. The van der Waals surface area contributed by atoms with Crippen molar-refractivity contribution >= 4 is 17.0 Å². The molecule has 0 saturated carbocycles. The molecule has 0 aliphatic rings. The molecule has 8 heteroatoms. The van der Waals surface area contributed by atoms with Crippen molar-refractivity contribution in [3.05, 3.63) is 62.2 Å². The van der Waals surface area contributed by atoms with Gasteiger partial charge in [-0.1, -0.05) is 20.8 Å². The topological polar surface area (TPSA) is 85.9 Å². The number of hydrogen-bond donors (Lipinski definition) is 1. The number of nitro groups is 1. The van der Waals surface area contributed by atoms with Crippen molar-refractivity contribution in [3.8, 4) is 11.3 Å². The zero-order valence-electron chi connectivity index (χ0n) is 15.9. The third-order valence-electron chi connectivity index (χ3n) is 4.17. The van der Waals surface area contributed by atoms with Gasteiger partial charge in [-0.05, 0) is 12.1 Å². The van der Waals surface area contributed by atoms with Gasteiger partial charge in [-0.25, -0.2) is 4.98 Å². The van der Waals surface area contributed by atoms with Crippen LogP contribution in [0.25, 0.3) is 11.3 Å². The van der Waals surface area contributed by atoms with Crippen LogP contribution in [0.1, 0.15) is 37.0 Å². The molecule has 0 aliphatic carbocycles. The Labute approximate surface area is 162 Å². The van der Waals surface area contributed by atoms with Crippen molar-refractivity contribution in [1.29, 1.82) is 0 Å². The Kier molecular flexibility index (Phi) is 5.38. The fraction of sp³-hybridized carbons (Fsp3) is 0.368. The standard InChI is InChI=1S/C19H23N5O2S/c1-19(2,3)16-12-27-17(21-16)10-20-9-14-11-23(4)22-18(14)13-5-7-15(8-6-13)24(25)26/h5-8,11-12,20H,9-10H2,1-4H3. The van der Waals surface area contributed by atoms with E-state index in [1.165, 1.54) is 12.1 Å². The zero-order chi connectivity index (χ0) is 19.6. The smallest absolute Gasteiger partial charge is 0.269 e. The largest absolute Gasteiger partial charge is 0.306 e. The Hall–Kier alpha value is -2.58. The Morgan fingerprint density at radius 3 is 2.52 bits per heavy atom. The van der Waals surface area contributed by atoms with Gasteiger partial charge in [0.05, 0.1) is 16.3 Å². The SMILES string of the molecule is Cn1cc(CNCc2nc(C(C)(C)C)cs2)c(-c2ccc([N+](=O)[O-])cc2)n1. The van der Waals surface area contributed by atoms with E-state index in [2.05, 4.69) is 36.6 Å². The van der Waals surface area contributed by atoms with Crippen LogP contribution in [0.15, 0.2) is 35.8 Å². The maximum Gasteiger partial charge on any atom is 0.269 e. The quantitative estimate of drug-likeness (QED) is 0.511. The number of non-ortho nitro benzene ring substituents is 1. The molecule has 1 N–H and O–H groups in total. The van der Waals surface area contributed by atoms with E-state index in [4.69, 9.17) is 4.98 Å². The molecule has 3 aromatic rings. The zero-order valence-corrected chi connectivity index (χ0v) is 16.7. The summed E-state index contributed by atoms with van der Waals surface area (Å²) in [7, 11) is 1.87. The Morgan fingerprint density at radius 1 is 1.22 bits per heavy atom. The van der Waals surface area contributed by atoms with Crippen molar-refractivity contribution in [2.24, 2.45) is 7.05 Å². The van der Waals surface area contributed by atoms with Gasteiger partial charge in [0.25, 0.3) is 5.69 Å². The van der Waals surface area contributed by atoms with E-state index in [1.807, 2.05) is 13.2 Å². The molecular formula is C19H23N5O2S. The predicted octanol–water partition coefficient (Wildman–Crippen LogP) is 4.04. The first kappa shape index (κ1) is 19.2. The van der Waals surface area contributed by atoms with E-state index >= 15 is 0 Å². The highest BCUT2D eigenvalue weighted by Crippen LogP contribution is 2.25. The number of hydrogen-bond acceptors (Lipinski definition) is 6. The normalized spacial score (nSPS) is 11.7. The minimum Gasteiger partial charge on any atom is -0.306 e. The van der Waals surface area contributed by atoms with E-state index in [-0.39, 0.29) is 11.1 Å². The van der Waals surface area contributed by atoms with Gasteiger partial charge in [-0.3, -0.25) is 14.8 Å². The predicted molar refractivity (Wildman–Crippen MR) is 107 cm³/mol. The second kappa shape index (κ2) is 7.58. The number of aryl methyl sites for hydroxylation is 1. The first-order chi connectivity index (χ1) is 12.7. The molecule has 7 nitrogen and oxygen atoms in total. The Morgan fingerprint density at radius 2 is 1.93 bits per heavy atom. The van der Waals surface area contributed by atoms with Crippen molar-refractivity contribution in [2.45, 2.75) is 39.3 Å². The molecule has 0 unspecified atom stereocenters. The lowest BCUT2D eigenvalue weighted by molar-refractivity contribution is -0.384. The molecule has 0 fully saturated rings. The van der Waals surface area contributed by atoms with Gasteiger partial charge in [-0.2, -0.15) is 5.10 Å². The molecule has 27 heavy (non-hydrogen) atoms. The summed E-state index contributed by atoms with van der Waals surface area (Å²) in [6, 6.07) is 6.48. The first-order valence-corrected chi connectivity index (χ1v) is 9.55. The number of nitro benzene ring substituents is 1. The highest BCUT2D eigenvalue weighted by Gasteiger charge is 2.17. The molecule has 0 saturated heterocycles. The minimum atomic E-state index is -0.398. The fourth-order valence-corrected chi connectivity index (χ4v) is 3.68. The lowest BCUT2D eigenvalue weighted by Gasteiger charge is -2.14. The van der Waals surface area contributed by atoms with Gasteiger partial charge in [0.15, 0.2) is 0 Å². The maximum atomic E-state index is 10.8. The van der Waals surface area contributed by atoms with Gasteiger partial charge in [-0.15, -0.1) is 11.3 Å². The summed E-state index contributed by atoms with van der Waals surface area (Å²) in [4.78, 5) is 15.1. The summed E-state index contributed by atoms with van der Waals surface area (Å²) < 4.78 is 1.76. The fourth-order valence-electron chi connectivity index (χ4n) is 2.69. The van der Waals surface area contributed by atoms with Gasteiger partial charge in [0.2, 0.25) is 0 Å². The number of aromatic nitrogens is 3. The molecule has 142 valence electrons. The van der Waals surface area contributed by atoms with Crippen LogP contribution in [-0.4, -0.2) is 19.7 Å². The van der Waals surface area contributed by atoms with Crippen LogP contribution < -0.4 is 5.32 Å². The number of benzene rings is 1. The molecule has 3 rings (SSSR count). The van der Waals surface area contributed by atoms with Gasteiger partial charge < -0.3 is 5.32 Å². The number of rotatable bonds is 6. The van der Waals surface area contributed by atoms with Crippen LogP contribution in [0.4, 0.5) is 5.69 Å². The lowest BCUT2D eigenvalue weighted by atomic mass is 9.93. The summed E-state index contributed by atoms with van der Waals surface area (Å²) in [6.07, 6.45) is 1.96. The Balaban J connectivity index is 1.69.